The third-order valence-corrected chi connectivity index (χ3v) is 9.48. The van der Waals surface area contributed by atoms with Gasteiger partial charge in [0.05, 0.1) is 43.9 Å². The number of hydrogen-bond donors (Lipinski definition) is 4. The van der Waals surface area contributed by atoms with Crippen molar-refractivity contribution in [3.05, 3.63) is 140 Å². The minimum atomic E-state index is -4.39. The molecular weight excluding hydrogens is 701 g/mol. The molecule has 16 nitrogen and oxygen atoms in total. The molecule has 51 heavy (non-hydrogen) atoms. The molecule has 2 aromatic heterocycles. The van der Waals surface area contributed by atoms with Crippen LogP contribution in [0.1, 0.15) is 22.5 Å². The third-order valence-electron chi connectivity index (χ3n) is 7.75. The van der Waals surface area contributed by atoms with Crippen LogP contribution in [-0.4, -0.2) is 45.5 Å². The second-order valence-electron chi connectivity index (χ2n) is 11.2. The Morgan fingerprint density at radius 1 is 0.549 bits per heavy atom. The van der Waals surface area contributed by atoms with Crippen molar-refractivity contribution in [2.24, 2.45) is 20.5 Å². The minimum absolute atomic E-state index is 0.0414. The second kappa shape index (κ2) is 13.7. The summed E-state index contributed by atoms with van der Waals surface area (Å²) in [5, 5.41) is 23.0. The number of nitrogens with zero attached hydrogens (tertiary/aromatic N) is 6. The van der Waals surface area contributed by atoms with Gasteiger partial charge in [0, 0.05) is 6.42 Å². The first-order chi connectivity index (χ1) is 24.2. The first-order valence-corrected chi connectivity index (χ1v) is 17.9. The number of H-pyrrole nitrogens is 2. The number of aromatic amines is 2. The number of benzene rings is 4. The van der Waals surface area contributed by atoms with Crippen LogP contribution in [0.25, 0.3) is 11.4 Å². The molecule has 2 heterocycles. The Morgan fingerprint density at radius 3 is 1.25 bits per heavy atom. The van der Waals surface area contributed by atoms with Crippen LogP contribution in [-0.2, 0) is 26.7 Å². The molecule has 0 saturated heterocycles. The highest BCUT2D eigenvalue weighted by molar-refractivity contribution is 7.86. The van der Waals surface area contributed by atoms with Crippen LogP contribution in [0.5, 0.6) is 0 Å². The predicted molar refractivity (Wildman–Crippen MR) is 186 cm³/mol. The zero-order valence-electron chi connectivity index (χ0n) is 26.8. The Bertz CT molecular complexity index is 2490. The molecule has 0 saturated carbocycles. The normalized spacial score (nSPS) is 12.3. The summed E-state index contributed by atoms with van der Waals surface area (Å²) in [6, 6.07) is 24.6. The average molecular weight is 729 g/mol. The van der Waals surface area contributed by atoms with Gasteiger partial charge in [-0.2, -0.15) is 27.1 Å². The van der Waals surface area contributed by atoms with Crippen LogP contribution in [0.2, 0.25) is 0 Å². The molecule has 4 aromatic carbocycles. The van der Waals surface area contributed by atoms with Gasteiger partial charge >= 0.3 is 0 Å². The highest BCUT2D eigenvalue weighted by Gasteiger charge is 2.17. The molecule has 0 aliphatic carbocycles. The van der Waals surface area contributed by atoms with Crippen LogP contribution >= 0.6 is 0 Å². The smallest absolute Gasteiger partial charge is 0.293 e. The van der Waals surface area contributed by atoms with E-state index >= 15 is 0 Å². The van der Waals surface area contributed by atoms with Gasteiger partial charge < -0.3 is 0 Å². The van der Waals surface area contributed by atoms with E-state index in [1.807, 2.05) is 24.3 Å². The Kier molecular flexibility index (Phi) is 9.32. The second-order valence-corrected chi connectivity index (χ2v) is 14.1. The maximum atomic E-state index is 13.2. The first kappa shape index (κ1) is 34.8. The van der Waals surface area contributed by atoms with E-state index in [-0.39, 0.29) is 21.2 Å². The molecule has 4 N–H and O–H groups in total. The molecular formula is C33H28N8O8S2. The Morgan fingerprint density at radius 2 is 0.902 bits per heavy atom. The van der Waals surface area contributed by atoms with Crippen molar-refractivity contribution >= 4 is 43.0 Å². The molecule has 260 valence electrons. The summed E-state index contributed by atoms with van der Waals surface area (Å²) in [7, 11) is -8.79. The van der Waals surface area contributed by atoms with Crippen molar-refractivity contribution in [1.82, 2.24) is 19.6 Å². The molecule has 0 aliphatic heterocycles. The maximum Gasteiger partial charge on any atom is 0.299 e. The molecule has 0 spiro atoms. The molecule has 0 amide bonds. The van der Waals surface area contributed by atoms with E-state index in [2.05, 4.69) is 30.7 Å². The molecule has 0 aliphatic rings. The van der Waals surface area contributed by atoms with Gasteiger partial charge in [-0.25, -0.2) is 9.36 Å². The van der Waals surface area contributed by atoms with Crippen molar-refractivity contribution < 1.29 is 25.9 Å². The highest BCUT2D eigenvalue weighted by Crippen LogP contribution is 2.30. The molecule has 18 heteroatoms. The topological polar surface area (TPSA) is 234 Å². The van der Waals surface area contributed by atoms with Crippen molar-refractivity contribution in [1.29, 1.82) is 0 Å². The van der Waals surface area contributed by atoms with Crippen molar-refractivity contribution in [3.63, 3.8) is 0 Å². The van der Waals surface area contributed by atoms with E-state index in [1.54, 1.807) is 38.1 Å². The minimum Gasteiger partial charge on any atom is -0.293 e. The summed E-state index contributed by atoms with van der Waals surface area (Å²) in [6.07, 6.45) is 0.345. The van der Waals surface area contributed by atoms with Crippen molar-refractivity contribution in [2.75, 3.05) is 0 Å². The van der Waals surface area contributed by atoms with E-state index in [9.17, 15) is 35.5 Å². The SMILES string of the molecule is Cc1[nH]n(-c2ccc(S(=O)(=O)O)cc2)c(=O)c1N=Nc1ccccc1Cc1ccccc1N=Nc1c(C)[nH]n(-c2ccc(S(=O)(=O)O)cc2)c1=O. The maximum absolute atomic E-state index is 13.2. The Labute approximate surface area is 290 Å². The molecule has 0 bridgehead atoms. The summed E-state index contributed by atoms with van der Waals surface area (Å²) in [5.74, 6) is 0. The monoisotopic (exact) mass is 728 g/mol. The third kappa shape index (κ3) is 7.43. The summed E-state index contributed by atoms with van der Waals surface area (Å²) in [5.41, 5.74) is 3.01. The van der Waals surface area contributed by atoms with E-state index in [1.165, 1.54) is 57.9 Å². The van der Waals surface area contributed by atoms with Gasteiger partial charge in [0.1, 0.15) is 0 Å². The zero-order valence-corrected chi connectivity index (χ0v) is 28.4. The summed E-state index contributed by atoms with van der Waals surface area (Å²) in [6.45, 7) is 3.29. The standard InChI is InChI=1S/C33H28N8O8S2/c1-20-30(32(42)40(38-20)24-11-15-26(16-12-24)50(44,45)46)36-34-28-9-5-3-7-22(28)19-23-8-4-6-10-29(23)35-37-31-21(2)39-41(33(31)43)25-13-17-27(18-14-25)51(47,48)49/h3-18,38-39H,19H2,1-2H3,(H,44,45,46)(H,47,48,49). The van der Waals surface area contributed by atoms with Crippen molar-refractivity contribution in [2.45, 2.75) is 30.1 Å². The fourth-order valence-corrected chi connectivity index (χ4v) is 6.10. The molecule has 6 aromatic rings. The lowest BCUT2D eigenvalue weighted by atomic mass is 10.0. The van der Waals surface area contributed by atoms with E-state index < -0.39 is 31.4 Å². The fraction of sp³-hybridized carbons (Fsp3) is 0.0909. The van der Waals surface area contributed by atoms with Crippen molar-refractivity contribution in [3.8, 4) is 11.4 Å². The number of azo groups is 2. The lowest BCUT2D eigenvalue weighted by molar-refractivity contribution is 0.481. The van der Waals surface area contributed by atoms with Gasteiger partial charge in [0.15, 0.2) is 11.4 Å². The van der Waals surface area contributed by atoms with Crippen LogP contribution in [0.3, 0.4) is 0 Å². The number of rotatable bonds is 10. The average Bonchev–Trinajstić information content (AvgIpc) is 3.55. The number of nitrogens with one attached hydrogen (secondary N) is 2. The molecule has 0 atom stereocenters. The molecule has 0 fully saturated rings. The summed E-state index contributed by atoms with van der Waals surface area (Å²) < 4.78 is 66.4. The molecule has 0 radical (unpaired) electrons. The fourth-order valence-electron chi connectivity index (χ4n) is 5.14. The van der Waals surface area contributed by atoms with Crippen LogP contribution in [0, 0.1) is 13.8 Å². The van der Waals surface area contributed by atoms with Crippen LogP contribution in [0.4, 0.5) is 22.7 Å². The van der Waals surface area contributed by atoms with Crippen LogP contribution in [0.15, 0.2) is 137 Å². The van der Waals surface area contributed by atoms with E-state index in [0.717, 1.165) is 11.1 Å². The van der Waals surface area contributed by atoms with Gasteiger partial charge in [-0.15, -0.1) is 10.2 Å². The van der Waals surface area contributed by atoms with E-state index in [4.69, 9.17) is 0 Å². The molecule has 6 rings (SSSR count). The van der Waals surface area contributed by atoms with Crippen LogP contribution < -0.4 is 11.1 Å². The Hall–Kier alpha value is -6.08. The zero-order chi connectivity index (χ0) is 36.5. The lowest BCUT2D eigenvalue weighted by Gasteiger charge is -2.07. The van der Waals surface area contributed by atoms with Gasteiger partial charge in [0.25, 0.3) is 31.4 Å². The van der Waals surface area contributed by atoms with Gasteiger partial charge in [-0.3, -0.25) is 28.9 Å². The predicted octanol–water partition coefficient (Wildman–Crippen LogP) is 6.18. The Balaban J connectivity index is 1.25. The quantitative estimate of drug-likeness (QED) is 0.0937. The number of aryl methyl sites for hydroxylation is 2. The van der Waals surface area contributed by atoms with Gasteiger partial charge in [-0.1, -0.05) is 36.4 Å². The first-order valence-electron chi connectivity index (χ1n) is 15.0. The van der Waals surface area contributed by atoms with Gasteiger partial charge in [0.2, 0.25) is 0 Å². The largest absolute Gasteiger partial charge is 0.299 e. The lowest BCUT2D eigenvalue weighted by Crippen LogP contribution is -2.14. The summed E-state index contributed by atoms with van der Waals surface area (Å²) in [4.78, 5) is 25.8. The summed E-state index contributed by atoms with van der Waals surface area (Å²) >= 11 is 0. The van der Waals surface area contributed by atoms with Gasteiger partial charge in [-0.05, 0) is 85.6 Å². The highest BCUT2D eigenvalue weighted by atomic mass is 32.2. The van der Waals surface area contributed by atoms with E-state index in [0.29, 0.717) is 40.6 Å². The molecule has 0 unspecified atom stereocenters. The number of hydrogen-bond acceptors (Lipinski definition) is 10. The number of aromatic nitrogens is 4.